The fourth-order valence-electron chi connectivity index (χ4n) is 8.00. The highest BCUT2D eigenvalue weighted by Crippen LogP contribution is 2.65. The van der Waals surface area contributed by atoms with E-state index in [0.29, 0.717) is 17.8 Å². The molecule has 1 amide bonds. The van der Waals surface area contributed by atoms with Gasteiger partial charge in [0.15, 0.2) is 0 Å². The molecule has 3 atom stereocenters. The SMILES string of the molecule is COC(=O)C12CC3CC(C1)C(N1C(=O)C(C)(C)C1c1cccc4cnccc14)C(C3)C2. The number of nitrogens with zero attached hydrogens (tertiary/aromatic N) is 2. The lowest BCUT2D eigenvalue weighted by atomic mass is 9.47. The molecule has 31 heavy (non-hydrogen) atoms. The highest BCUT2D eigenvalue weighted by Gasteiger charge is 2.66. The summed E-state index contributed by atoms with van der Waals surface area (Å²) in [4.78, 5) is 32.7. The van der Waals surface area contributed by atoms with Gasteiger partial charge in [-0.1, -0.05) is 18.2 Å². The highest BCUT2D eigenvalue weighted by molar-refractivity contribution is 5.94. The third-order valence-electron chi connectivity index (χ3n) is 8.92. The lowest BCUT2D eigenvalue weighted by Gasteiger charge is -2.66. The van der Waals surface area contributed by atoms with Crippen molar-refractivity contribution in [3.63, 3.8) is 0 Å². The Balaban J connectivity index is 1.41. The molecule has 4 saturated carbocycles. The van der Waals surface area contributed by atoms with Crippen LogP contribution in [0, 0.1) is 28.6 Å². The highest BCUT2D eigenvalue weighted by atomic mass is 16.5. The molecule has 7 rings (SSSR count). The molecule has 0 N–H and O–H groups in total. The number of pyridine rings is 1. The Labute approximate surface area is 183 Å². The number of rotatable bonds is 3. The average Bonchev–Trinajstić information content (AvgIpc) is 2.76. The lowest BCUT2D eigenvalue weighted by molar-refractivity contribution is -0.203. The Morgan fingerprint density at radius 3 is 2.58 bits per heavy atom. The van der Waals surface area contributed by atoms with E-state index in [1.165, 1.54) is 18.1 Å². The minimum atomic E-state index is -0.424. The second-order valence-electron chi connectivity index (χ2n) is 11.0. The molecule has 4 aliphatic carbocycles. The summed E-state index contributed by atoms with van der Waals surface area (Å²) in [5, 5.41) is 2.30. The molecule has 1 aromatic carbocycles. The second-order valence-corrected chi connectivity index (χ2v) is 11.0. The van der Waals surface area contributed by atoms with Gasteiger partial charge in [0.2, 0.25) is 5.91 Å². The van der Waals surface area contributed by atoms with Crippen LogP contribution in [-0.2, 0) is 14.3 Å². The number of carbonyl (C=O) groups is 2. The quantitative estimate of drug-likeness (QED) is 0.543. The molecule has 3 unspecified atom stereocenters. The summed E-state index contributed by atoms with van der Waals surface area (Å²) in [6.07, 6.45) is 8.72. The Kier molecular flexibility index (Phi) is 3.92. The van der Waals surface area contributed by atoms with E-state index in [1.54, 1.807) is 0 Å². The number of likely N-dealkylation sites (tertiary alicyclic amines) is 1. The molecule has 0 radical (unpaired) electrons. The molecule has 1 aliphatic heterocycles. The van der Waals surface area contributed by atoms with Crippen molar-refractivity contribution < 1.29 is 14.3 Å². The molecular weight excluding hydrogens is 388 g/mol. The molecule has 5 aliphatic rings. The van der Waals surface area contributed by atoms with Crippen LogP contribution >= 0.6 is 0 Å². The summed E-state index contributed by atoms with van der Waals surface area (Å²) in [6.45, 7) is 4.17. The number of fused-ring (bicyclic) bond motifs is 1. The van der Waals surface area contributed by atoms with Gasteiger partial charge < -0.3 is 9.64 Å². The number of β-lactam (4-membered cyclic amide) rings is 1. The van der Waals surface area contributed by atoms with E-state index in [4.69, 9.17) is 4.74 Å². The summed E-state index contributed by atoms with van der Waals surface area (Å²) >= 11 is 0. The molecule has 5 nitrogen and oxygen atoms in total. The number of hydrogen-bond donors (Lipinski definition) is 0. The van der Waals surface area contributed by atoms with Crippen molar-refractivity contribution in [1.82, 2.24) is 9.88 Å². The number of methoxy groups -OCH3 is 1. The van der Waals surface area contributed by atoms with Crippen LogP contribution in [0.1, 0.15) is 57.6 Å². The largest absolute Gasteiger partial charge is 0.469 e. The topological polar surface area (TPSA) is 59.5 Å². The molecule has 162 valence electrons. The Bertz CT molecular complexity index is 1070. The molecule has 2 aromatic rings. The summed E-state index contributed by atoms with van der Waals surface area (Å²) in [5.74, 6) is 1.61. The zero-order chi connectivity index (χ0) is 21.5. The molecule has 2 heterocycles. The average molecular weight is 419 g/mol. The van der Waals surface area contributed by atoms with E-state index in [-0.39, 0.29) is 29.4 Å². The number of aromatic nitrogens is 1. The van der Waals surface area contributed by atoms with Gasteiger partial charge >= 0.3 is 5.97 Å². The maximum Gasteiger partial charge on any atom is 0.311 e. The van der Waals surface area contributed by atoms with Crippen molar-refractivity contribution >= 4 is 22.6 Å². The van der Waals surface area contributed by atoms with Crippen LogP contribution in [0.5, 0.6) is 0 Å². The first kappa shape index (κ1) is 19.3. The summed E-state index contributed by atoms with van der Waals surface area (Å²) in [5.41, 5.74) is 0.485. The van der Waals surface area contributed by atoms with Gasteiger partial charge in [-0.3, -0.25) is 14.6 Å². The van der Waals surface area contributed by atoms with Crippen LogP contribution in [0.4, 0.5) is 0 Å². The van der Waals surface area contributed by atoms with Crippen molar-refractivity contribution in [3.8, 4) is 0 Å². The minimum absolute atomic E-state index is 0.0290. The zero-order valence-electron chi connectivity index (χ0n) is 18.5. The van der Waals surface area contributed by atoms with Gasteiger partial charge in [0.1, 0.15) is 0 Å². The van der Waals surface area contributed by atoms with Crippen LogP contribution in [-0.4, -0.2) is 34.9 Å². The molecule has 0 spiro atoms. The standard InChI is InChI=1S/C26H30N2O3/c1-25(2)22(20-6-4-5-16-14-27-8-7-19(16)20)28(23(25)29)21-17-9-15-10-18(21)13-26(11-15,12-17)24(30)31-3/h4-8,14-15,17-18,21-22H,9-13H2,1-3H3. The number of benzene rings is 1. The van der Waals surface area contributed by atoms with E-state index in [1.807, 2.05) is 12.4 Å². The van der Waals surface area contributed by atoms with Crippen molar-refractivity contribution in [1.29, 1.82) is 0 Å². The molecule has 5 heteroatoms. The predicted molar refractivity (Wildman–Crippen MR) is 117 cm³/mol. The number of esters is 1. The minimum Gasteiger partial charge on any atom is -0.469 e. The Morgan fingerprint density at radius 2 is 1.87 bits per heavy atom. The first-order chi connectivity index (χ1) is 14.9. The van der Waals surface area contributed by atoms with Gasteiger partial charge in [0.25, 0.3) is 0 Å². The smallest absolute Gasteiger partial charge is 0.311 e. The second kappa shape index (κ2) is 6.30. The fraction of sp³-hybridized carbons (Fsp3) is 0.577. The van der Waals surface area contributed by atoms with Crippen molar-refractivity contribution in [2.75, 3.05) is 7.11 Å². The van der Waals surface area contributed by atoms with Crippen LogP contribution in [0.25, 0.3) is 10.8 Å². The predicted octanol–water partition coefficient (Wildman–Crippen LogP) is 4.51. The normalized spacial score (nSPS) is 37.7. The van der Waals surface area contributed by atoms with Gasteiger partial charge in [-0.2, -0.15) is 0 Å². The van der Waals surface area contributed by atoms with Crippen LogP contribution in [0.3, 0.4) is 0 Å². The van der Waals surface area contributed by atoms with Crippen LogP contribution in [0.15, 0.2) is 36.7 Å². The third kappa shape index (κ3) is 2.46. The Morgan fingerprint density at radius 1 is 1.13 bits per heavy atom. The maximum atomic E-state index is 13.5. The van der Waals surface area contributed by atoms with Gasteiger partial charge in [0, 0.05) is 23.8 Å². The molecular formula is C26H30N2O3. The number of amides is 1. The number of carbonyl (C=O) groups excluding carboxylic acids is 2. The van der Waals surface area contributed by atoms with Crippen molar-refractivity contribution in [2.24, 2.45) is 28.6 Å². The monoisotopic (exact) mass is 418 g/mol. The van der Waals surface area contributed by atoms with E-state index >= 15 is 0 Å². The fourth-order valence-corrected chi connectivity index (χ4v) is 8.00. The summed E-state index contributed by atoms with van der Waals surface area (Å²) in [7, 11) is 1.52. The first-order valence-electron chi connectivity index (χ1n) is 11.6. The molecule has 4 bridgehead atoms. The van der Waals surface area contributed by atoms with E-state index in [0.717, 1.165) is 37.5 Å². The van der Waals surface area contributed by atoms with Gasteiger partial charge in [-0.25, -0.2) is 0 Å². The van der Waals surface area contributed by atoms with E-state index in [2.05, 4.69) is 48.0 Å². The lowest BCUT2D eigenvalue weighted by Crippen LogP contribution is -2.70. The number of hydrogen-bond acceptors (Lipinski definition) is 4. The van der Waals surface area contributed by atoms with Crippen LogP contribution in [0.2, 0.25) is 0 Å². The van der Waals surface area contributed by atoms with Gasteiger partial charge in [0.05, 0.1) is 24.0 Å². The zero-order valence-corrected chi connectivity index (χ0v) is 18.5. The van der Waals surface area contributed by atoms with E-state index < -0.39 is 5.41 Å². The van der Waals surface area contributed by atoms with Crippen molar-refractivity contribution in [3.05, 3.63) is 42.2 Å². The van der Waals surface area contributed by atoms with Gasteiger partial charge in [-0.05, 0) is 80.7 Å². The third-order valence-corrected chi connectivity index (χ3v) is 8.92. The molecule has 5 fully saturated rings. The van der Waals surface area contributed by atoms with Crippen molar-refractivity contribution in [2.45, 2.75) is 58.0 Å². The molecule has 1 aromatic heterocycles. The van der Waals surface area contributed by atoms with E-state index in [9.17, 15) is 9.59 Å². The van der Waals surface area contributed by atoms with Crippen LogP contribution < -0.4 is 0 Å². The number of ether oxygens (including phenoxy) is 1. The van der Waals surface area contributed by atoms with Gasteiger partial charge in [-0.15, -0.1) is 0 Å². The summed E-state index contributed by atoms with van der Waals surface area (Å²) in [6, 6.07) is 8.72. The molecule has 1 saturated heterocycles. The Hall–Kier alpha value is -2.43. The maximum absolute atomic E-state index is 13.5. The summed E-state index contributed by atoms with van der Waals surface area (Å²) < 4.78 is 5.24. The first-order valence-corrected chi connectivity index (χ1v) is 11.6.